The zero-order valence-corrected chi connectivity index (χ0v) is 13.5. The highest BCUT2D eigenvalue weighted by Crippen LogP contribution is 2.31. The number of likely N-dealkylation sites (tertiary alicyclic amines) is 1. The predicted octanol–water partition coefficient (Wildman–Crippen LogP) is 0.623. The van der Waals surface area contributed by atoms with Crippen molar-refractivity contribution in [3.63, 3.8) is 0 Å². The zero-order valence-electron chi connectivity index (χ0n) is 12.8. The number of hydrogen-bond acceptors (Lipinski definition) is 5. The van der Waals surface area contributed by atoms with Gasteiger partial charge in [-0.1, -0.05) is 11.6 Å². The third kappa shape index (κ3) is 3.51. The van der Waals surface area contributed by atoms with Gasteiger partial charge in [0.2, 0.25) is 0 Å². The Labute approximate surface area is 143 Å². The summed E-state index contributed by atoms with van der Waals surface area (Å²) in [6.07, 6.45) is -0.00317. The van der Waals surface area contributed by atoms with Crippen LogP contribution in [0.25, 0.3) is 0 Å². The van der Waals surface area contributed by atoms with Crippen LogP contribution >= 0.6 is 11.6 Å². The van der Waals surface area contributed by atoms with Crippen LogP contribution in [0.2, 0.25) is 5.02 Å². The maximum Gasteiger partial charge on any atom is 0.303 e. The van der Waals surface area contributed by atoms with Crippen LogP contribution < -0.4 is 16.4 Å². The third-order valence-electron chi connectivity index (χ3n) is 4.57. The second kappa shape index (κ2) is 7.02. The molecule has 2 aliphatic rings. The molecule has 7 nitrogen and oxygen atoms in total. The van der Waals surface area contributed by atoms with Crippen LogP contribution in [-0.4, -0.2) is 47.6 Å². The fourth-order valence-corrected chi connectivity index (χ4v) is 3.56. The summed E-state index contributed by atoms with van der Waals surface area (Å²) in [5.41, 5.74) is 9.10. The molecule has 0 bridgehead atoms. The van der Waals surface area contributed by atoms with Crippen molar-refractivity contribution in [3.8, 4) is 0 Å². The minimum Gasteiger partial charge on any atom is -0.481 e. The van der Waals surface area contributed by atoms with Gasteiger partial charge in [-0.05, 0) is 30.0 Å². The summed E-state index contributed by atoms with van der Waals surface area (Å²) in [7, 11) is 0. The average molecular weight is 357 g/mol. The summed E-state index contributed by atoms with van der Waals surface area (Å²) in [5.74, 6) is -1.88. The molecule has 1 amide bonds. The Morgan fingerprint density at radius 1 is 1.38 bits per heavy atom. The number of hydrogen-bond donors (Lipinski definition) is 4. The van der Waals surface area contributed by atoms with E-state index in [1.165, 1.54) is 12.1 Å². The van der Waals surface area contributed by atoms with Gasteiger partial charge in [0.05, 0.1) is 11.4 Å². The van der Waals surface area contributed by atoms with Crippen molar-refractivity contribution in [1.29, 1.82) is 0 Å². The molecule has 9 heteroatoms. The van der Waals surface area contributed by atoms with Crippen LogP contribution in [0.5, 0.6) is 0 Å². The van der Waals surface area contributed by atoms with Crippen molar-refractivity contribution >= 4 is 23.5 Å². The van der Waals surface area contributed by atoms with E-state index < -0.39 is 11.8 Å². The van der Waals surface area contributed by atoms with Gasteiger partial charge in [0.15, 0.2) is 0 Å². The minimum atomic E-state index is -0.886. The molecule has 1 aromatic rings. The second-order valence-corrected chi connectivity index (χ2v) is 6.52. The highest BCUT2D eigenvalue weighted by molar-refractivity contribution is 6.31. The van der Waals surface area contributed by atoms with E-state index in [1.54, 1.807) is 4.90 Å². The molecule has 0 aromatic heterocycles. The molecule has 24 heavy (non-hydrogen) atoms. The lowest BCUT2D eigenvalue weighted by molar-refractivity contribution is -0.138. The number of aliphatic carboxylic acids is 1. The van der Waals surface area contributed by atoms with E-state index in [-0.39, 0.29) is 35.2 Å². The molecule has 2 saturated heterocycles. The fourth-order valence-electron chi connectivity index (χ4n) is 3.38. The standard InChI is InChI=1S/C15H18ClFN4O3/c16-11-3-8(1-2-12(11)17)15(24)21-6-9(4-14(22)23)10(7-21)13-5-18-20-19-13/h1-3,9-10,13,18-20H,4-7H2,(H,22,23)/t9-,10+,13?/m1/s1. The summed E-state index contributed by atoms with van der Waals surface area (Å²) in [6, 6.07) is 3.88. The van der Waals surface area contributed by atoms with Gasteiger partial charge in [0, 0.05) is 31.2 Å². The average Bonchev–Trinajstić information content (AvgIpc) is 3.18. The van der Waals surface area contributed by atoms with Gasteiger partial charge in [-0.2, -0.15) is 5.53 Å². The minimum absolute atomic E-state index is 0.00317. The Balaban J connectivity index is 1.76. The molecule has 0 saturated carbocycles. The number of carbonyl (C=O) groups is 2. The molecule has 0 spiro atoms. The van der Waals surface area contributed by atoms with E-state index in [2.05, 4.69) is 16.4 Å². The molecule has 2 aliphatic heterocycles. The Hall–Kier alpha value is -1.74. The lowest BCUT2D eigenvalue weighted by atomic mass is 9.87. The van der Waals surface area contributed by atoms with Gasteiger partial charge in [-0.15, -0.1) is 0 Å². The highest BCUT2D eigenvalue weighted by Gasteiger charge is 2.41. The maximum absolute atomic E-state index is 13.3. The van der Waals surface area contributed by atoms with Crippen LogP contribution in [0, 0.1) is 17.7 Å². The van der Waals surface area contributed by atoms with Crippen molar-refractivity contribution in [2.24, 2.45) is 11.8 Å². The predicted molar refractivity (Wildman–Crippen MR) is 84.6 cm³/mol. The smallest absolute Gasteiger partial charge is 0.303 e. The number of nitrogens with zero attached hydrogens (tertiary/aromatic N) is 1. The largest absolute Gasteiger partial charge is 0.481 e. The first-order valence-corrected chi connectivity index (χ1v) is 8.03. The molecule has 3 rings (SSSR count). The van der Waals surface area contributed by atoms with Crippen molar-refractivity contribution < 1.29 is 19.1 Å². The summed E-state index contributed by atoms with van der Waals surface area (Å²) in [5, 5.41) is 9.02. The van der Waals surface area contributed by atoms with E-state index in [1.807, 2.05) is 0 Å². The normalized spacial score (nSPS) is 26.8. The molecule has 2 heterocycles. The van der Waals surface area contributed by atoms with Crippen LogP contribution in [-0.2, 0) is 4.79 Å². The van der Waals surface area contributed by atoms with Gasteiger partial charge < -0.3 is 10.0 Å². The van der Waals surface area contributed by atoms with Crippen molar-refractivity contribution in [2.75, 3.05) is 19.6 Å². The Morgan fingerprint density at radius 2 is 2.17 bits per heavy atom. The first-order chi connectivity index (χ1) is 11.5. The number of carboxylic acids is 1. The van der Waals surface area contributed by atoms with Gasteiger partial charge in [-0.3, -0.25) is 9.59 Å². The quantitative estimate of drug-likeness (QED) is 0.632. The molecule has 0 aliphatic carbocycles. The Bertz CT molecular complexity index is 654. The first-order valence-electron chi connectivity index (χ1n) is 7.65. The van der Waals surface area contributed by atoms with Gasteiger partial charge in [-0.25, -0.2) is 15.2 Å². The number of nitrogens with one attached hydrogen (secondary N) is 3. The molecule has 1 unspecified atom stereocenters. The lowest BCUT2D eigenvalue weighted by Gasteiger charge is -2.22. The van der Waals surface area contributed by atoms with E-state index >= 15 is 0 Å². The molecule has 3 atom stereocenters. The molecule has 4 N–H and O–H groups in total. The number of hydrazine groups is 2. The van der Waals surface area contributed by atoms with Crippen LogP contribution in [0.4, 0.5) is 4.39 Å². The van der Waals surface area contributed by atoms with E-state index in [0.29, 0.717) is 25.2 Å². The molecule has 0 radical (unpaired) electrons. The van der Waals surface area contributed by atoms with Crippen molar-refractivity contribution in [2.45, 2.75) is 12.5 Å². The van der Waals surface area contributed by atoms with E-state index in [4.69, 9.17) is 16.7 Å². The second-order valence-electron chi connectivity index (χ2n) is 6.12. The van der Waals surface area contributed by atoms with Crippen LogP contribution in [0.3, 0.4) is 0 Å². The molecular formula is C15H18ClFN4O3. The van der Waals surface area contributed by atoms with Gasteiger partial charge >= 0.3 is 5.97 Å². The SMILES string of the molecule is O=C(O)C[C@@H]1CN(C(=O)c2ccc(F)c(Cl)c2)C[C@@H]1C1CNNN1. The summed E-state index contributed by atoms with van der Waals surface area (Å²) < 4.78 is 13.3. The van der Waals surface area contributed by atoms with Crippen molar-refractivity contribution in [1.82, 2.24) is 21.3 Å². The Morgan fingerprint density at radius 3 is 2.79 bits per heavy atom. The van der Waals surface area contributed by atoms with E-state index in [0.717, 1.165) is 6.07 Å². The lowest BCUT2D eigenvalue weighted by Crippen LogP contribution is -2.41. The monoisotopic (exact) mass is 356 g/mol. The van der Waals surface area contributed by atoms with Crippen LogP contribution in [0.1, 0.15) is 16.8 Å². The highest BCUT2D eigenvalue weighted by atomic mass is 35.5. The number of halogens is 2. The number of benzene rings is 1. The molecule has 2 fully saturated rings. The molecular weight excluding hydrogens is 339 g/mol. The van der Waals surface area contributed by atoms with Crippen LogP contribution in [0.15, 0.2) is 18.2 Å². The third-order valence-corrected chi connectivity index (χ3v) is 4.86. The number of rotatable bonds is 4. The summed E-state index contributed by atoms with van der Waals surface area (Å²) in [4.78, 5) is 25.4. The topological polar surface area (TPSA) is 93.7 Å². The number of carboxylic acid groups (broad SMARTS) is 1. The first kappa shape index (κ1) is 17.1. The summed E-state index contributed by atoms with van der Waals surface area (Å²) >= 11 is 5.74. The van der Waals surface area contributed by atoms with Gasteiger partial charge in [0.25, 0.3) is 5.91 Å². The molecule has 130 valence electrons. The number of carbonyl (C=O) groups excluding carboxylic acids is 1. The maximum atomic E-state index is 13.3. The van der Waals surface area contributed by atoms with E-state index in [9.17, 15) is 14.0 Å². The number of amides is 1. The summed E-state index contributed by atoms with van der Waals surface area (Å²) in [6.45, 7) is 1.43. The van der Waals surface area contributed by atoms with Crippen molar-refractivity contribution in [3.05, 3.63) is 34.6 Å². The fraction of sp³-hybridized carbons (Fsp3) is 0.467. The van der Waals surface area contributed by atoms with Gasteiger partial charge in [0.1, 0.15) is 5.82 Å². The Kier molecular flexibility index (Phi) is 5.00. The molecule has 1 aromatic carbocycles. The zero-order chi connectivity index (χ0) is 17.3.